The summed E-state index contributed by atoms with van der Waals surface area (Å²) >= 11 is 5.93. The number of para-hydroxylation sites is 1. The molecule has 1 aliphatic heterocycles. The SMILES string of the molecule is Cc1c(CNCCN2CCC(C(=O)c3ccc(Cl)cc3)CC2)c(=O)n(-c2ccccc2)n1C. The smallest absolute Gasteiger partial charge is 0.276 e. The van der Waals surface area contributed by atoms with Crippen molar-refractivity contribution in [3.8, 4) is 5.69 Å². The zero-order chi connectivity index (χ0) is 23.4. The number of Topliss-reactive ketones (excluding diaryl/α,β-unsaturated/α-hetero) is 1. The summed E-state index contributed by atoms with van der Waals surface area (Å²) in [5, 5.41) is 4.09. The van der Waals surface area contributed by atoms with Crippen molar-refractivity contribution in [2.75, 3.05) is 26.2 Å². The Morgan fingerprint density at radius 2 is 1.73 bits per heavy atom. The van der Waals surface area contributed by atoms with Crippen LogP contribution in [0.25, 0.3) is 5.69 Å². The minimum absolute atomic E-state index is 0.0234. The van der Waals surface area contributed by atoms with Gasteiger partial charge in [-0.05, 0) is 69.3 Å². The molecular formula is C26H31ClN4O2. The van der Waals surface area contributed by atoms with Gasteiger partial charge in [0, 0.05) is 48.9 Å². The van der Waals surface area contributed by atoms with Gasteiger partial charge in [0.1, 0.15) is 0 Å². The predicted molar refractivity (Wildman–Crippen MR) is 132 cm³/mol. The van der Waals surface area contributed by atoms with Gasteiger partial charge in [-0.3, -0.25) is 14.3 Å². The third kappa shape index (κ3) is 5.29. The summed E-state index contributed by atoms with van der Waals surface area (Å²) in [6.07, 6.45) is 1.75. The number of carbonyl (C=O) groups excluding carboxylic acids is 1. The maximum atomic E-state index is 13.0. The van der Waals surface area contributed by atoms with E-state index in [-0.39, 0.29) is 17.3 Å². The third-order valence-electron chi connectivity index (χ3n) is 6.67. The van der Waals surface area contributed by atoms with Gasteiger partial charge < -0.3 is 10.2 Å². The molecule has 0 saturated carbocycles. The van der Waals surface area contributed by atoms with Crippen LogP contribution in [0.5, 0.6) is 0 Å². The lowest BCUT2D eigenvalue weighted by atomic mass is 9.89. The number of ketones is 1. The molecule has 1 aromatic heterocycles. The molecule has 1 fully saturated rings. The zero-order valence-corrected chi connectivity index (χ0v) is 20.0. The topological polar surface area (TPSA) is 59.3 Å². The molecule has 33 heavy (non-hydrogen) atoms. The quantitative estimate of drug-likeness (QED) is 0.405. The van der Waals surface area contributed by atoms with Crippen molar-refractivity contribution < 1.29 is 4.79 Å². The van der Waals surface area contributed by atoms with E-state index in [1.807, 2.05) is 61.1 Å². The highest BCUT2D eigenvalue weighted by Crippen LogP contribution is 2.22. The van der Waals surface area contributed by atoms with Gasteiger partial charge in [0.05, 0.1) is 11.3 Å². The van der Waals surface area contributed by atoms with E-state index in [2.05, 4.69) is 10.2 Å². The maximum absolute atomic E-state index is 13.0. The number of hydrogen-bond donors (Lipinski definition) is 1. The van der Waals surface area contributed by atoms with E-state index >= 15 is 0 Å². The van der Waals surface area contributed by atoms with Crippen LogP contribution >= 0.6 is 11.6 Å². The number of nitrogens with zero attached hydrogens (tertiary/aromatic N) is 3. The van der Waals surface area contributed by atoms with E-state index in [0.29, 0.717) is 11.6 Å². The summed E-state index contributed by atoms with van der Waals surface area (Å²) in [6.45, 7) is 6.06. The van der Waals surface area contributed by atoms with E-state index in [4.69, 9.17) is 11.6 Å². The number of piperidine rings is 1. The molecule has 0 amide bonds. The van der Waals surface area contributed by atoms with Gasteiger partial charge >= 0.3 is 0 Å². The fourth-order valence-electron chi connectivity index (χ4n) is 4.55. The van der Waals surface area contributed by atoms with Crippen LogP contribution in [0, 0.1) is 12.8 Å². The fourth-order valence-corrected chi connectivity index (χ4v) is 4.67. The summed E-state index contributed by atoms with van der Waals surface area (Å²) in [5.41, 5.74) is 3.41. The third-order valence-corrected chi connectivity index (χ3v) is 6.92. The zero-order valence-electron chi connectivity index (χ0n) is 19.3. The van der Waals surface area contributed by atoms with Crippen molar-refractivity contribution in [1.82, 2.24) is 19.6 Å². The highest BCUT2D eigenvalue weighted by molar-refractivity contribution is 6.30. The number of hydrogen-bond acceptors (Lipinski definition) is 4. The molecule has 6 nitrogen and oxygen atoms in total. The Bertz CT molecular complexity index is 1140. The van der Waals surface area contributed by atoms with Crippen LogP contribution in [0.1, 0.15) is 34.5 Å². The summed E-state index contributed by atoms with van der Waals surface area (Å²) < 4.78 is 3.63. The van der Waals surface area contributed by atoms with Crippen LogP contribution in [-0.2, 0) is 13.6 Å². The van der Waals surface area contributed by atoms with Crippen LogP contribution in [-0.4, -0.2) is 46.2 Å². The first kappa shape index (κ1) is 23.5. The second-order valence-corrected chi connectivity index (χ2v) is 9.14. The molecule has 1 N–H and O–H groups in total. The molecule has 174 valence electrons. The first-order valence-electron chi connectivity index (χ1n) is 11.5. The lowest BCUT2D eigenvalue weighted by Gasteiger charge is -2.31. The van der Waals surface area contributed by atoms with E-state index in [1.54, 1.807) is 16.8 Å². The van der Waals surface area contributed by atoms with Gasteiger partial charge in [-0.2, -0.15) is 0 Å². The molecule has 2 heterocycles. The van der Waals surface area contributed by atoms with Gasteiger partial charge in [0.15, 0.2) is 5.78 Å². The number of aromatic nitrogens is 2. The Balaban J connectivity index is 1.26. The number of likely N-dealkylation sites (tertiary alicyclic amines) is 1. The van der Waals surface area contributed by atoms with Crippen LogP contribution in [0.3, 0.4) is 0 Å². The van der Waals surface area contributed by atoms with Gasteiger partial charge in [0.25, 0.3) is 5.56 Å². The van der Waals surface area contributed by atoms with Crippen molar-refractivity contribution >= 4 is 17.4 Å². The Morgan fingerprint density at radius 3 is 2.39 bits per heavy atom. The minimum atomic E-state index is 0.0234. The standard InChI is InChI=1S/C26H31ClN4O2/c1-19-24(26(33)31(29(19)2)23-6-4-3-5-7-23)18-28-14-17-30-15-12-21(13-16-30)25(32)20-8-10-22(27)11-9-20/h3-11,21,28H,12-18H2,1-2H3. The Kier molecular flexibility index (Phi) is 7.48. The highest BCUT2D eigenvalue weighted by atomic mass is 35.5. The molecule has 3 aromatic rings. The number of nitrogens with one attached hydrogen (secondary N) is 1. The monoisotopic (exact) mass is 466 g/mol. The predicted octanol–water partition coefficient (Wildman–Crippen LogP) is 3.82. The second kappa shape index (κ2) is 10.5. The van der Waals surface area contributed by atoms with E-state index < -0.39 is 0 Å². The summed E-state index contributed by atoms with van der Waals surface area (Å²) in [7, 11) is 1.92. The van der Waals surface area contributed by atoms with E-state index in [1.165, 1.54) is 0 Å². The summed E-state index contributed by atoms with van der Waals surface area (Å²) in [4.78, 5) is 28.1. The summed E-state index contributed by atoms with van der Waals surface area (Å²) in [6, 6.07) is 16.9. The lowest BCUT2D eigenvalue weighted by molar-refractivity contribution is 0.0841. The van der Waals surface area contributed by atoms with Crippen LogP contribution in [0.15, 0.2) is 59.4 Å². The molecule has 2 aromatic carbocycles. The highest BCUT2D eigenvalue weighted by Gasteiger charge is 2.25. The second-order valence-electron chi connectivity index (χ2n) is 8.70. The largest absolute Gasteiger partial charge is 0.311 e. The van der Waals surface area contributed by atoms with Crippen LogP contribution in [0.2, 0.25) is 5.02 Å². The minimum Gasteiger partial charge on any atom is -0.311 e. The summed E-state index contributed by atoms with van der Waals surface area (Å²) in [5.74, 6) is 0.303. The fraction of sp³-hybridized carbons (Fsp3) is 0.385. The average Bonchev–Trinajstić information content (AvgIpc) is 3.05. The molecule has 4 rings (SSSR count). The first-order chi connectivity index (χ1) is 16.0. The van der Waals surface area contributed by atoms with Crippen molar-refractivity contribution in [3.05, 3.63) is 86.8 Å². The molecule has 0 unspecified atom stereocenters. The number of halogens is 1. The van der Waals surface area contributed by atoms with Crippen LogP contribution in [0.4, 0.5) is 0 Å². The van der Waals surface area contributed by atoms with Gasteiger partial charge in [-0.15, -0.1) is 0 Å². The molecular weight excluding hydrogens is 436 g/mol. The van der Waals surface area contributed by atoms with E-state index in [0.717, 1.165) is 61.5 Å². The molecule has 0 aliphatic carbocycles. The molecule has 1 saturated heterocycles. The average molecular weight is 467 g/mol. The van der Waals surface area contributed by atoms with Crippen molar-refractivity contribution in [3.63, 3.8) is 0 Å². The molecule has 0 spiro atoms. The van der Waals surface area contributed by atoms with Gasteiger partial charge in [0.2, 0.25) is 0 Å². The Morgan fingerprint density at radius 1 is 1.06 bits per heavy atom. The van der Waals surface area contributed by atoms with Gasteiger partial charge in [-0.1, -0.05) is 29.8 Å². The Labute approximate surface area is 199 Å². The van der Waals surface area contributed by atoms with Crippen molar-refractivity contribution in [2.45, 2.75) is 26.3 Å². The Hall–Kier alpha value is -2.67. The van der Waals surface area contributed by atoms with Gasteiger partial charge in [-0.25, -0.2) is 4.68 Å². The molecule has 0 atom stereocenters. The molecule has 0 bridgehead atoms. The number of rotatable bonds is 8. The molecule has 1 aliphatic rings. The van der Waals surface area contributed by atoms with Crippen molar-refractivity contribution in [1.29, 1.82) is 0 Å². The number of carbonyl (C=O) groups is 1. The number of benzene rings is 2. The molecule has 0 radical (unpaired) electrons. The molecule has 7 heteroatoms. The van der Waals surface area contributed by atoms with Crippen molar-refractivity contribution in [2.24, 2.45) is 13.0 Å². The van der Waals surface area contributed by atoms with E-state index in [9.17, 15) is 9.59 Å². The first-order valence-corrected chi connectivity index (χ1v) is 11.9. The van der Waals surface area contributed by atoms with Crippen LogP contribution < -0.4 is 10.9 Å². The normalized spacial score (nSPS) is 15.1. The maximum Gasteiger partial charge on any atom is 0.276 e. The lowest BCUT2D eigenvalue weighted by Crippen LogP contribution is -2.40.